The molecule has 1 aromatic heterocycles. The molecule has 0 aliphatic heterocycles. The van der Waals surface area contributed by atoms with E-state index in [2.05, 4.69) is 23.8 Å². The van der Waals surface area contributed by atoms with Gasteiger partial charge in [0.2, 0.25) is 17.3 Å². The van der Waals surface area contributed by atoms with E-state index in [1.165, 1.54) is 10.6 Å². The van der Waals surface area contributed by atoms with E-state index in [0.29, 0.717) is 6.54 Å². The summed E-state index contributed by atoms with van der Waals surface area (Å²) in [5.74, 6) is 0.177. The van der Waals surface area contributed by atoms with Gasteiger partial charge in [0.05, 0.1) is 5.38 Å². The van der Waals surface area contributed by atoms with E-state index in [-0.39, 0.29) is 5.78 Å². The van der Waals surface area contributed by atoms with Crippen LogP contribution in [0.2, 0.25) is 0 Å². The average molecular weight is 260 g/mol. The van der Waals surface area contributed by atoms with Crippen LogP contribution in [0.25, 0.3) is 0 Å². The Hall–Kier alpha value is -1.48. The van der Waals surface area contributed by atoms with Gasteiger partial charge in [0.25, 0.3) is 0 Å². The molecule has 94 valence electrons. The molecule has 0 aliphatic carbocycles. The molecule has 0 aliphatic rings. The second-order valence-corrected chi connectivity index (χ2v) is 5.44. The molecule has 0 saturated carbocycles. The van der Waals surface area contributed by atoms with Crippen LogP contribution in [0.15, 0.2) is 29.6 Å². The summed E-state index contributed by atoms with van der Waals surface area (Å²) in [5, 5.41) is 3.37. The van der Waals surface area contributed by atoms with Crippen LogP contribution in [-0.4, -0.2) is 5.78 Å². The highest BCUT2D eigenvalue weighted by molar-refractivity contribution is 7.09. The van der Waals surface area contributed by atoms with Crippen molar-refractivity contribution >= 4 is 17.1 Å². The van der Waals surface area contributed by atoms with Crippen molar-refractivity contribution in [3.63, 3.8) is 0 Å². The van der Waals surface area contributed by atoms with E-state index in [4.69, 9.17) is 0 Å². The monoisotopic (exact) mass is 260 g/mol. The summed E-state index contributed by atoms with van der Waals surface area (Å²) in [5.41, 5.74) is 3.14. The minimum atomic E-state index is 0.177. The highest BCUT2D eigenvalue weighted by Gasteiger charge is 2.20. The van der Waals surface area contributed by atoms with Crippen molar-refractivity contribution in [3.8, 4) is 0 Å². The molecule has 0 fully saturated rings. The number of aryl methyl sites for hydroxylation is 3. The number of benzene rings is 1. The SMILES string of the molecule is CCc1scc(C)[n+]1CC(=O)c1ccc(C)cc1. The summed E-state index contributed by atoms with van der Waals surface area (Å²) in [7, 11) is 0. The number of aromatic nitrogens is 1. The van der Waals surface area contributed by atoms with Crippen LogP contribution in [0.3, 0.4) is 0 Å². The van der Waals surface area contributed by atoms with E-state index in [1.54, 1.807) is 11.3 Å². The average Bonchev–Trinajstić information content (AvgIpc) is 2.71. The van der Waals surface area contributed by atoms with Gasteiger partial charge >= 0.3 is 0 Å². The third kappa shape index (κ3) is 2.67. The number of carbonyl (C=O) groups is 1. The van der Waals surface area contributed by atoms with Crippen LogP contribution in [-0.2, 0) is 13.0 Å². The zero-order valence-electron chi connectivity index (χ0n) is 11.1. The summed E-state index contributed by atoms with van der Waals surface area (Å²) in [6.07, 6.45) is 0.972. The molecule has 2 nitrogen and oxygen atoms in total. The second-order valence-electron chi connectivity index (χ2n) is 4.50. The van der Waals surface area contributed by atoms with Gasteiger partial charge in [-0.1, -0.05) is 48.1 Å². The second kappa shape index (κ2) is 5.44. The fraction of sp³-hybridized carbons (Fsp3) is 0.333. The first-order valence-corrected chi connectivity index (χ1v) is 7.06. The number of ketones is 1. The molecule has 0 bridgehead atoms. The van der Waals surface area contributed by atoms with Crippen molar-refractivity contribution in [2.24, 2.45) is 0 Å². The van der Waals surface area contributed by atoms with E-state index in [9.17, 15) is 4.79 Å². The van der Waals surface area contributed by atoms with Gasteiger partial charge in [-0.05, 0) is 6.92 Å². The summed E-state index contributed by atoms with van der Waals surface area (Å²) < 4.78 is 2.12. The Labute approximate surface area is 112 Å². The maximum atomic E-state index is 12.2. The molecule has 0 atom stereocenters. The lowest BCUT2D eigenvalue weighted by Gasteiger charge is -2.00. The van der Waals surface area contributed by atoms with E-state index in [0.717, 1.165) is 17.7 Å². The van der Waals surface area contributed by atoms with Crippen LogP contribution < -0.4 is 4.57 Å². The first-order valence-electron chi connectivity index (χ1n) is 6.18. The molecule has 2 aromatic rings. The molecule has 1 aromatic carbocycles. The molecule has 0 unspecified atom stereocenters. The van der Waals surface area contributed by atoms with E-state index >= 15 is 0 Å². The highest BCUT2D eigenvalue weighted by atomic mass is 32.1. The van der Waals surface area contributed by atoms with E-state index in [1.807, 2.05) is 31.2 Å². The van der Waals surface area contributed by atoms with Crippen LogP contribution in [0, 0.1) is 13.8 Å². The number of thiazole rings is 1. The van der Waals surface area contributed by atoms with E-state index < -0.39 is 0 Å². The van der Waals surface area contributed by atoms with Gasteiger partial charge < -0.3 is 0 Å². The van der Waals surface area contributed by atoms with Crippen molar-refractivity contribution in [2.75, 3.05) is 0 Å². The first-order chi connectivity index (χ1) is 8.61. The van der Waals surface area contributed by atoms with Crippen molar-refractivity contribution in [3.05, 3.63) is 51.5 Å². The summed E-state index contributed by atoms with van der Waals surface area (Å²) in [6.45, 7) is 6.65. The largest absolute Gasteiger partial charge is 0.287 e. The van der Waals surface area contributed by atoms with Crippen molar-refractivity contribution < 1.29 is 9.36 Å². The van der Waals surface area contributed by atoms with Crippen LogP contribution in [0.5, 0.6) is 0 Å². The first kappa shape index (κ1) is 13.0. The molecule has 0 amide bonds. The number of hydrogen-bond donors (Lipinski definition) is 0. The maximum absolute atomic E-state index is 12.2. The summed E-state index contributed by atoms with van der Waals surface area (Å²) in [6, 6.07) is 7.79. The molecule has 1 heterocycles. The zero-order chi connectivity index (χ0) is 13.1. The van der Waals surface area contributed by atoms with Crippen LogP contribution >= 0.6 is 11.3 Å². The lowest BCUT2D eigenvalue weighted by atomic mass is 10.1. The van der Waals surface area contributed by atoms with Gasteiger partial charge in [-0.2, -0.15) is 4.57 Å². The lowest BCUT2D eigenvalue weighted by Crippen LogP contribution is -2.42. The molecule has 2 rings (SSSR count). The molecule has 0 radical (unpaired) electrons. The van der Waals surface area contributed by atoms with Gasteiger partial charge in [-0.25, -0.2) is 0 Å². The van der Waals surface area contributed by atoms with Gasteiger partial charge in [-0.3, -0.25) is 4.79 Å². The fourth-order valence-corrected chi connectivity index (χ4v) is 2.87. The molecular weight excluding hydrogens is 242 g/mol. The number of Topliss-reactive ketones (excluding diaryl/α,β-unsaturated/α-hetero) is 1. The Balaban J connectivity index is 2.21. The standard InChI is InChI=1S/C15H18NOS/c1-4-15-16(12(3)10-18-15)9-14(17)13-7-5-11(2)6-8-13/h5-8,10H,4,9H2,1-3H3/q+1. The Morgan fingerprint density at radius 3 is 2.50 bits per heavy atom. The number of nitrogens with zero attached hydrogens (tertiary/aromatic N) is 1. The molecule has 0 saturated heterocycles. The number of rotatable bonds is 4. The van der Waals surface area contributed by atoms with Gasteiger partial charge in [0.15, 0.2) is 5.69 Å². The molecule has 18 heavy (non-hydrogen) atoms. The van der Waals surface area contributed by atoms with Crippen LogP contribution in [0.4, 0.5) is 0 Å². The summed E-state index contributed by atoms with van der Waals surface area (Å²) in [4.78, 5) is 12.2. The minimum Gasteiger partial charge on any atom is -0.287 e. The van der Waals surface area contributed by atoms with Crippen molar-refractivity contribution in [1.82, 2.24) is 0 Å². The molecule has 3 heteroatoms. The van der Waals surface area contributed by atoms with Crippen molar-refractivity contribution in [2.45, 2.75) is 33.7 Å². The normalized spacial score (nSPS) is 10.6. The van der Waals surface area contributed by atoms with Gasteiger partial charge in [-0.15, -0.1) is 0 Å². The lowest BCUT2D eigenvalue weighted by molar-refractivity contribution is -0.691. The quantitative estimate of drug-likeness (QED) is 0.611. The number of hydrogen-bond acceptors (Lipinski definition) is 2. The number of carbonyl (C=O) groups excluding carboxylic acids is 1. The third-order valence-corrected chi connectivity index (χ3v) is 4.31. The fourth-order valence-electron chi connectivity index (χ4n) is 1.94. The summed E-state index contributed by atoms with van der Waals surface area (Å²) >= 11 is 1.73. The van der Waals surface area contributed by atoms with Gasteiger partial charge in [0.1, 0.15) is 0 Å². The Bertz CT molecular complexity index is 554. The molecule has 0 spiro atoms. The third-order valence-electron chi connectivity index (χ3n) is 3.07. The topological polar surface area (TPSA) is 20.9 Å². The predicted molar refractivity (Wildman–Crippen MR) is 74.1 cm³/mol. The molecule has 0 N–H and O–H groups in total. The Morgan fingerprint density at radius 2 is 1.89 bits per heavy atom. The minimum absolute atomic E-state index is 0.177. The Morgan fingerprint density at radius 1 is 1.22 bits per heavy atom. The smallest absolute Gasteiger partial charge is 0.237 e. The zero-order valence-corrected chi connectivity index (χ0v) is 11.9. The molecular formula is C15H18NOS+. The Kier molecular flexibility index (Phi) is 3.92. The van der Waals surface area contributed by atoms with Gasteiger partial charge in [0, 0.05) is 18.9 Å². The predicted octanol–water partition coefficient (Wildman–Crippen LogP) is 3.10. The maximum Gasteiger partial charge on any atom is 0.237 e. The van der Waals surface area contributed by atoms with Crippen LogP contribution in [0.1, 0.15) is 33.5 Å². The van der Waals surface area contributed by atoms with Crippen molar-refractivity contribution in [1.29, 1.82) is 0 Å². The highest BCUT2D eigenvalue weighted by Crippen LogP contribution is 2.09.